The first-order valence-electron chi connectivity index (χ1n) is 6.60. The summed E-state index contributed by atoms with van der Waals surface area (Å²) in [5.74, 6) is 0.153. The van der Waals surface area contributed by atoms with Crippen LogP contribution in [0, 0.1) is 0 Å². The second kappa shape index (κ2) is 7.40. The molecule has 1 amide bonds. The summed E-state index contributed by atoms with van der Waals surface area (Å²) in [7, 11) is 0. The minimum absolute atomic E-state index is 0. The Morgan fingerprint density at radius 1 is 1.10 bits per heavy atom. The van der Waals surface area contributed by atoms with Crippen LogP contribution in [-0.2, 0) is 0 Å². The van der Waals surface area contributed by atoms with Crippen molar-refractivity contribution in [1.29, 1.82) is 0 Å². The Labute approximate surface area is 142 Å². The number of carbonyl (C=O) groups excluding carboxylic acids is 1. The van der Waals surface area contributed by atoms with Crippen LogP contribution in [0.3, 0.4) is 0 Å². The molecule has 1 aromatic carbocycles. The lowest BCUT2D eigenvalue weighted by Gasteiger charge is -2.26. The van der Waals surface area contributed by atoms with E-state index in [-0.39, 0.29) is 18.3 Å². The number of piperazine rings is 1. The van der Waals surface area contributed by atoms with Crippen molar-refractivity contribution in [2.75, 3.05) is 26.2 Å². The quantitative estimate of drug-likeness (QED) is 0.853. The van der Waals surface area contributed by atoms with Crippen LogP contribution >= 0.6 is 39.7 Å². The summed E-state index contributed by atoms with van der Waals surface area (Å²) < 4.78 is 1.06. The summed E-state index contributed by atoms with van der Waals surface area (Å²) in [4.78, 5) is 16.3. The molecule has 3 rings (SSSR count). The van der Waals surface area contributed by atoms with E-state index in [1.807, 2.05) is 29.2 Å². The number of rotatable bonds is 2. The highest BCUT2D eigenvalue weighted by Gasteiger charge is 2.19. The molecule has 0 atom stereocenters. The fraction of sp³-hybridized carbons (Fsp3) is 0.267. The Kier molecular flexibility index (Phi) is 5.81. The van der Waals surface area contributed by atoms with Gasteiger partial charge in [-0.05, 0) is 29.8 Å². The van der Waals surface area contributed by atoms with Gasteiger partial charge in [0.2, 0.25) is 0 Å². The molecule has 0 saturated carbocycles. The predicted octanol–water partition coefficient (Wildman–Crippen LogP) is 3.64. The van der Waals surface area contributed by atoms with Crippen molar-refractivity contribution in [3.63, 3.8) is 0 Å². The lowest BCUT2D eigenvalue weighted by molar-refractivity contribution is 0.0740. The van der Waals surface area contributed by atoms with Gasteiger partial charge in [-0.25, -0.2) is 0 Å². The third-order valence-corrected chi connectivity index (χ3v) is 5.00. The van der Waals surface area contributed by atoms with Crippen molar-refractivity contribution in [3.8, 4) is 10.4 Å². The summed E-state index contributed by atoms with van der Waals surface area (Å²) >= 11 is 5.00. The molecule has 1 saturated heterocycles. The van der Waals surface area contributed by atoms with Crippen molar-refractivity contribution in [2.45, 2.75) is 0 Å². The maximum Gasteiger partial charge on any atom is 0.264 e. The van der Waals surface area contributed by atoms with E-state index >= 15 is 0 Å². The van der Waals surface area contributed by atoms with Gasteiger partial charge >= 0.3 is 0 Å². The second-order valence-corrected chi connectivity index (χ2v) is 6.71. The van der Waals surface area contributed by atoms with E-state index in [0.29, 0.717) is 0 Å². The highest BCUT2D eigenvalue weighted by atomic mass is 79.9. The van der Waals surface area contributed by atoms with Gasteiger partial charge in [0.05, 0.1) is 4.88 Å². The molecule has 0 aliphatic carbocycles. The molecule has 21 heavy (non-hydrogen) atoms. The topological polar surface area (TPSA) is 32.3 Å². The largest absolute Gasteiger partial charge is 0.335 e. The summed E-state index contributed by atoms with van der Waals surface area (Å²) in [5.41, 5.74) is 1.15. The van der Waals surface area contributed by atoms with Gasteiger partial charge in [-0.1, -0.05) is 28.1 Å². The van der Waals surface area contributed by atoms with Crippen LogP contribution in [0.25, 0.3) is 10.4 Å². The van der Waals surface area contributed by atoms with Crippen LogP contribution in [0.5, 0.6) is 0 Å². The van der Waals surface area contributed by atoms with Crippen molar-refractivity contribution in [2.24, 2.45) is 0 Å². The van der Waals surface area contributed by atoms with E-state index in [1.54, 1.807) is 11.3 Å². The van der Waals surface area contributed by atoms with E-state index in [2.05, 4.69) is 33.4 Å². The third-order valence-electron chi connectivity index (χ3n) is 3.35. The zero-order valence-corrected chi connectivity index (χ0v) is 14.6. The van der Waals surface area contributed by atoms with E-state index in [1.165, 1.54) is 0 Å². The normalized spacial score (nSPS) is 14.6. The first-order valence-corrected chi connectivity index (χ1v) is 8.21. The van der Waals surface area contributed by atoms with Crippen LogP contribution in [-0.4, -0.2) is 37.0 Å². The first-order chi connectivity index (χ1) is 9.74. The van der Waals surface area contributed by atoms with E-state index in [9.17, 15) is 4.79 Å². The van der Waals surface area contributed by atoms with Crippen LogP contribution in [0.1, 0.15) is 9.67 Å². The van der Waals surface area contributed by atoms with E-state index in [0.717, 1.165) is 46.0 Å². The molecule has 0 bridgehead atoms. The lowest BCUT2D eigenvalue weighted by atomic mass is 10.2. The Balaban J connectivity index is 0.00000161. The first kappa shape index (κ1) is 16.5. The molecule has 1 fully saturated rings. The number of nitrogens with one attached hydrogen (secondary N) is 1. The molecule has 1 aliphatic rings. The van der Waals surface area contributed by atoms with Gasteiger partial charge in [0.1, 0.15) is 0 Å². The lowest BCUT2D eigenvalue weighted by Crippen LogP contribution is -2.46. The SMILES string of the molecule is Cl.O=C(c1ccc(-c2ccc(Br)cc2)s1)N1CCNCC1. The van der Waals surface area contributed by atoms with Gasteiger partial charge in [-0.2, -0.15) is 0 Å². The number of hydrogen-bond acceptors (Lipinski definition) is 3. The number of hydrogen-bond donors (Lipinski definition) is 1. The number of thiophene rings is 1. The van der Waals surface area contributed by atoms with Crippen molar-refractivity contribution in [3.05, 3.63) is 45.7 Å². The Morgan fingerprint density at radius 3 is 2.43 bits per heavy atom. The Morgan fingerprint density at radius 2 is 1.76 bits per heavy atom. The van der Waals surface area contributed by atoms with Gasteiger partial charge < -0.3 is 10.2 Å². The number of nitrogens with zero attached hydrogens (tertiary/aromatic N) is 1. The maximum absolute atomic E-state index is 12.4. The van der Waals surface area contributed by atoms with Crippen molar-refractivity contribution in [1.82, 2.24) is 10.2 Å². The van der Waals surface area contributed by atoms with Gasteiger partial charge in [0.15, 0.2) is 0 Å². The summed E-state index contributed by atoms with van der Waals surface area (Å²) in [5, 5.41) is 3.26. The second-order valence-electron chi connectivity index (χ2n) is 4.71. The smallest absolute Gasteiger partial charge is 0.264 e. The van der Waals surface area contributed by atoms with Crippen LogP contribution < -0.4 is 5.32 Å². The fourth-order valence-electron chi connectivity index (χ4n) is 2.25. The van der Waals surface area contributed by atoms with Crippen LogP contribution in [0.15, 0.2) is 40.9 Å². The number of carbonyl (C=O) groups is 1. The van der Waals surface area contributed by atoms with Gasteiger partial charge in [-0.15, -0.1) is 23.7 Å². The molecule has 1 aliphatic heterocycles. The highest BCUT2D eigenvalue weighted by molar-refractivity contribution is 9.10. The van der Waals surface area contributed by atoms with Gasteiger partial charge in [0.25, 0.3) is 5.91 Å². The molecule has 3 nitrogen and oxygen atoms in total. The van der Waals surface area contributed by atoms with E-state index in [4.69, 9.17) is 0 Å². The molecule has 1 N–H and O–H groups in total. The molecule has 2 heterocycles. The Hall–Kier alpha value is -0.880. The van der Waals surface area contributed by atoms with Gasteiger partial charge in [0, 0.05) is 35.5 Å². The molecular weight excluding hydrogens is 372 g/mol. The molecule has 2 aromatic rings. The van der Waals surface area contributed by atoms with Crippen molar-refractivity contribution >= 4 is 45.6 Å². The monoisotopic (exact) mass is 386 g/mol. The summed E-state index contributed by atoms with van der Waals surface area (Å²) in [6.07, 6.45) is 0. The van der Waals surface area contributed by atoms with E-state index < -0.39 is 0 Å². The molecule has 1 aromatic heterocycles. The average Bonchev–Trinajstić information content (AvgIpc) is 2.98. The zero-order chi connectivity index (χ0) is 13.9. The number of amides is 1. The molecule has 0 unspecified atom stereocenters. The van der Waals surface area contributed by atoms with Crippen molar-refractivity contribution < 1.29 is 4.79 Å². The molecular formula is C15H16BrClN2OS. The predicted molar refractivity (Wildman–Crippen MR) is 93.5 cm³/mol. The zero-order valence-electron chi connectivity index (χ0n) is 11.3. The number of benzene rings is 1. The summed E-state index contributed by atoms with van der Waals surface area (Å²) in [6, 6.07) is 12.1. The maximum atomic E-state index is 12.4. The molecule has 6 heteroatoms. The standard InChI is InChI=1S/C15H15BrN2OS.ClH/c16-12-3-1-11(2-4-12)13-5-6-14(20-13)15(19)18-9-7-17-8-10-18;/h1-6,17H,7-10H2;1H. The fourth-order valence-corrected chi connectivity index (χ4v) is 3.49. The number of halogens is 2. The Bertz CT molecular complexity index is 608. The molecule has 112 valence electrons. The minimum atomic E-state index is 0. The third kappa shape index (κ3) is 3.86. The van der Waals surface area contributed by atoms with Crippen LogP contribution in [0.2, 0.25) is 0 Å². The van der Waals surface area contributed by atoms with Gasteiger partial charge in [-0.3, -0.25) is 4.79 Å². The molecule has 0 radical (unpaired) electrons. The molecule has 0 spiro atoms. The average molecular weight is 388 g/mol. The van der Waals surface area contributed by atoms with Crippen LogP contribution in [0.4, 0.5) is 0 Å². The minimum Gasteiger partial charge on any atom is -0.335 e. The summed E-state index contributed by atoms with van der Waals surface area (Å²) in [6.45, 7) is 3.36. The highest BCUT2D eigenvalue weighted by Crippen LogP contribution is 2.29.